The topological polar surface area (TPSA) is 24.4 Å². The maximum Gasteiger partial charge on any atom is 0.156 e. The van der Waals surface area contributed by atoms with Crippen LogP contribution in [-0.4, -0.2) is 23.5 Å². The number of rotatable bonds is 5. The molecule has 2 unspecified atom stereocenters. The fourth-order valence-corrected chi connectivity index (χ4v) is 4.63. The molecule has 0 radical (unpaired) electrons. The maximum absolute atomic E-state index is 4.69. The Labute approximate surface area is 126 Å². The monoisotopic (exact) mass is 288 g/mol. The third-order valence-electron chi connectivity index (χ3n) is 4.71. The third kappa shape index (κ3) is 2.73. The van der Waals surface area contributed by atoms with Gasteiger partial charge in [0.15, 0.2) is 5.17 Å². The van der Waals surface area contributed by atoms with Gasteiger partial charge in [0.1, 0.15) is 0 Å². The molecular weight excluding hydrogens is 264 g/mol. The molecule has 1 aliphatic heterocycles. The molecule has 0 amide bonds. The number of hydrogen-bond acceptors (Lipinski definition) is 3. The molecule has 1 N–H and O–H groups in total. The number of nitrogens with zero attached hydrogens (tertiary/aromatic N) is 1. The molecule has 2 atom stereocenters. The van der Waals surface area contributed by atoms with Crippen LogP contribution in [-0.2, 0) is 6.42 Å². The number of benzene rings is 1. The Morgan fingerprint density at radius 1 is 1.30 bits per heavy atom. The molecule has 3 heteroatoms. The molecule has 1 aromatic rings. The van der Waals surface area contributed by atoms with Crippen LogP contribution in [0.4, 0.5) is 0 Å². The predicted molar refractivity (Wildman–Crippen MR) is 88.6 cm³/mol. The van der Waals surface area contributed by atoms with Gasteiger partial charge >= 0.3 is 0 Å². The number of thioether (sulfide) groups is 1. The van der Waals surface area contributed by atoms with Crippen LogP contribution in [0.15, 0.2) is 29.3 Å². The number of nitrogens with one attached hydrogen (secondary N) is 1. The molecule has 0 saturated heterocycles. The fraction of sp³-hybridized carbons (Fsp3) is 0.588. The van der Waals surface area contributed by atoms with E-state index in [0.717, 1.165) is 19.0 Å². The molecule has 1 heterocycles. The van der Waals surface area contributed by atoms with Crippen LogP contribution >= 0.6 is 11.8 Å². The van der Waals surface area contributed by atoms with Crippen molar-refractivity contribution in [1.29, 1.82) is 0 Å². The number of aliphatic imine (C=N–C) groups is 1. The summed E-state index contributed by atoms with van der Waals surface area (Å²) in [5.41, 5.74) is 3.05. The Bertz CT molecular complexity index is 494. The Hall–Kier alpha value is -0.960. The van der Waals surface area contributed by atoms with Gasteiger partial charge in [0, 0.05) is 17.7 Å². The van der Waals surface area contributed by atoms with Gasteiger partial charge in [0.25, 0.3) is 0 Å². The van der Waals surface area contributed by atoms with Gasteiger partial charge in [-0.1, -0.05) is 62.7 Å². The minimum atomic E-state index is 0.682. The maximum atomic E-state index is 4.69. The lowest BCUT2D eigenvalue weighted by Gasteiger charge is -2.30. The lowest BCUT2D eigenvalue weighted by molar-refractivity contribution is 0.479. The summed E-state index contributed by atoms with van der Waals surface area (Å²) < 4.78 is 0. The summed E-state index contributed by atoms with van der Waals surface area (Å²) in [6.07, 6.45) is 3.76. The second-order valence-corrected chi connectivity index (χ2v) is 7.09. The molecule has 0 spiro atoms. The highest BCUT2D eigenvalue weighted by Crippen LogP contribution is 2.35. The van der Waals surface area contributed by atoms with E-state index in [1.54, 1.807) is 0 Å². The van der Waals surface area contributed by atoms with Gasteiger partial charge in [-0.05, 0) is 23.5 Å². The predicted octanol–water partition coefficient (Wildman–Crippen LogP) is 3.82. The van der Waals surface area contributed by atoms with E-state index in [1.165, 1.54) is 35.6 Å². The lowest BCUT2D eigenvalue weighted by atomic mass is 9.78. The molecule has 0 aromatic heterocycles. The van der Waals surface area contributed by atoms with Crippen molar-refractivity contribution in [1.82, 2.24) is 5.32 Å². The normalized spacial score (nSPS) is 24.2. The minimum absolute atomic E-state index is 0.682. The zero-order valence-electron chi connectivity index (χ0n) is 12.4. The van der Waals surface area contributed by atoms with Crippen molar-refractivity contribution >= 4 is 16.9 Å². The zero-order chi connectivity index (χ0) is 13.9. The van der Waals surface area contributed by atoms with E-state index < -0.39 is 0 Å². The summed E-state index contributed by atoms with van der Waals surface area (Å²) in [5, 5.41) is 5.44. The molecule has 20 heavy (non-hydrogen) atoms. The summed E-state index contributed by atoms with van der Waals surface area (Å²) in [6, 6.07) is 8.80. The number of fused-ring (bicyclic) bond motifs is 1. The van der Waals surface area contributed by atoms with Crippen LogP contribution in [0.3, 0.4) is 0 Å². The first-order valence-corrected chi connectivity index (χ1v) is 8.72. The molecule has 1 aliphatic carbocycles. The van der Waals surface area contributed by atoms with Gasteiger partial charge in [-0.15, -0.1) is 0 Å². The highest BCUT2D eigenvalue weighted by molar-refractivity contribution is 8.14. The number of hydrogen-bond donors (Lipinski definition) is 1. The Morgan fingerprint density at radius 3 is 2.85 bits per heavy atom. The SMILES string of the molecule is CCC(CC)C1CN=C(NCC2Cc3ccccc32)S1. The van der Waals surface area contributed by atoms with Gasteiger partial charge in [-0.2, -0.15) is 0 Å². The molecule has 2 aliphatic rings. The molecular formula is C17H24N2S. The van der Waals surface area contributed by atoms with Crippen molar-refractivity contribution in [3.63, 3.8) is 0 Å². The summed E-state index contributed by atoms with van der Waals surface area (Å²) in [4.78, 5) is 4.69. The van der Waals surface area contributed by atoms with Crippen LogP contribution < -0.4 is 5.32 Å². The Morgan fingerprint density at radius 2 is 2.10 bits per heavy atom. The average Bonchev–Trinajstić information content (AvgIpc) is 2.90. The average molecular weight is 288 g/mol. The Balaban J connectivity index is 1.47. The van der Waals surface area contributed by atoms with Crippen LogP contribution in [0.25, 0.3) is 0 Å². The molecule has 0 bridgehead atoms. The first-order valence-electron chi connectivity index (χ1n) is 7.84. The van der Waals surface area contributed by atoms with Gasteiger partial charge < -0.3 is 5.32 Å². The van der Waals surface area contributed by atoms with Crippen molar-refractivity contribution in [2.75, 3.05) is 13.1 Å². The van der Waals surface area contributed by atoms with Crippen molar-refractivity contribution < 1.29 is 0 Å². The molecule has 0 fully saturated rings. The summed E-state index contributed by atoms with van der Waals surface area (Å²) in [6.45, 7) is 6.63. The van der Waals surface area contributed by atoms with Gasteiger partial charge in [0.2, 0.25) is 0 Å². The van der Waals surface area contributed by atoms with Crippen LogP contribution in [0, 0.1) is 5.92 Å². The van der Waals surface area contributed by atoms with E-state index in [-0.39, 0.29) is 0 Å². The zero-order valence-corrected chi connectivity index (χ0v) is 13.2. The van der Waals surface area contributed by atoms with E-state index in [4.69, 9.17) is 0 Å². The highest BCUT2D eigenvalue weighted by atomic mass is 32.2. The smallest absolute Gasteiger partial charge is 0.156 e. The standard InChI is InChI=1S/C17H24N2S/c1-3-12(4-2)16-11-19-17(20-16)18-10-14-9-13-7-5-6-8-15(13)14/h5-8,12,14,16H,3-4,9-11H2,1-2H3,(H,18,19). The van der Waals surface area contributed by atoms with Crippen LogP contribution in [0.1, 0.15) is 43.7 Å². The largest absolute Gasteiger partial charge is 0.364 e. The molecule has 1 aromatic carbocycles. The summed E-state index contributed by atoms with van der Waals surface area (Å²) >= 11 is 1.96. The van der Waals surface area contributed by atoms with E-state index in [2.05, 4.69) is 48.4 Å². The third-order valence-corrected chi connectivity index (χ3v) is 6.05. The summed E-state index contributed by atoms with van der Waals surface area (Å²) in [5.74, 6) is 1.49. The molecule has 108 valence electrons. The quantitative estimate of drug-likeness (QED) is 0.890. The second-order valence-electron chi connectivity index (χ2n) is 5.86. The first kappa shape index (κ1) is 14.0. The van der Waals surface area contributed by atoms with Crippen molar-refractivity contribution in [3.8, 4) is 0 Å². The van der Waals surface area contributed by atoms with Crippen LogP contribution in [0.5, 0.6) is 0 Å². The molecule has 3 rings (SSSR count). The second kappa shape index (κ2) is 6.21. The summed E-state index contributed by atoms with van der Waals surface area (Å²) in [7, 11) is 0. The van der Waals surface area contributed by atoms with Gasteiger partial charge in [-0.25, -0.2) is 0 Å². The van der Waals surface area contributed by atoms with Crippen molar-refractivity contribution in [3.05, 3.63) is 35.4 Å². The minimum Gasteiger partial charge on any atom is -0.364 e. The number of amidine groups is 1. The Kier molecular flexibility index (Phi) is 4.35. The van der Waals surface area contributed by atoms with Gasteiger partial charge in [-0.3, -0.25) is 4.99 Å². The highest BCUT2D eigenvalue weighted by Gasteiger charge is 2.28. The van der Waals surface area contributed by atoms with E-state index in [1.807, 2.05) is 11.8 Å². The van der Waals surface area contributed by atoms with E-state index >= 15 is 0 Å². The van der Waals surface area contributed by atoms with Gasteiger partial charge in [0.05, 0.1) is 6.54 Å². The van der Waals surface area contributed by atoms with E-state index in [9.17, 15) is 0 Å². The van der Waals surface area contributed by atoms with Crippen molar-refractivity contribution in [2.45, 2.75) is 44.3 Å². The van der Waals surface area contributed by atoms with Crippen LogP contribution in [0.2, 0.25) is 0 Å². The molecule has 0 saturated carbocycles. The lowest BCUT2D eigenvalue weighted by Crippen LogP contribution is -2.31. The molecule has 2 nitrogen and oxygen atoms in total. The van der Waals surface area contributed by atoms with E-state index in [0.29, 0.717) is 11.2 Å². The van der Waals surface area contributed by atoms with Crippen molar-refractivity contribution in [2.24, 2.45) is 10.9 Å². The first-order chi connectivity index (χ1) is 9.81. The fourth-order valence-electron chi connectivity index (χ4n) is 3.30.